The molecule has 1 fully saturated rings. The lowest BCUT2D eigenvalue weighted by Gasteiger charge is -2.23. The molecule has 27 heavy (non-hydrogen) atoms. The number of carbonyl (C=O) groups is 2. The average molecular weight is 365 g/mol. The number of aromatic nitrogens is 1. The van der Waals surface area contributed by atoms with Gasteiger partial charge in [-0.15, -0.1) is 0 Å². The summed E-state index contributed by atoms with van der Waals surface area (Å²) in [7, 11) is 0. The minimum atomic E-state index is -0.159. The Balaban J connectivity index is 1.69. The topological polar surface area (TPSA) is 62.3 Å². The maximum Gasteiger partial charge on any atom is 0.272 e. The Kier molecular flexibility index (Phi) is 6.58. The zero-order chi connectivity index (χ0) is 19.1. The predicted octanol–water partition coefficient (Wildman–Crippen LogP) is 3.81. The standard InChI is InChI=1S/C22H27N3O2/c1-2-25(16-17-9-5-3-6-10-17)22(27)20-15-18(13-14-23-20)21(26)24-19-11-7-4-8-12-19/h3,5-6,9-10,13-15,19H,2,4,7-8,11-12,16H2,1H3,(H,24,26). The van der Waals surface area contributed by atoms with Gasteiger partial charge < -0.3 is 10.2 Å². The lowest BCUT2D eigenvalue weighted by molar-refractivity contribution is 0.0746. The molecule has 142 valence electrons. The molecule has 1 heterocycles. The van der Waals surface area contributed by atoms with Gasteiger partial charge in [0, 0.05) is 30.9 Å². The van der Waals surface area contributed by atoms with Crippen LogP contribution in [0.15, 0.2) is 48.7 Å². The highest BCUT2D eigenvalue weighted by Gasteiger charge is 2.20. The first-order valence-corrected chi connectivity index (χ1v) is 9.77. The Labute approximate surface area is 160 Å². The van der Waals surface area contributed by atoms with Gasteiger partial charge in [-0.25, -0.2) is 0 Å². The van der Waals surface area contributed by atoms with Crippen molar-refractivity contribution in [1.29, 1.82) is 0 Å². The van der Waals surface area contributed by atoms with Crippen molar-refractivity contribution in [3.8, 4) is 0 Å². The van der Waals surface area contributed by atoms with Crippen molar-refractivity contribution in [3.63, 3.8) is 0 Å². The number of rotatable bonds is 6. The first kappa shape index (κ1) is 19.1. The molecule has 5 nitrogen and oxygen atoms in total. The maximum absolute atomic E-state index is 12.9. The Hall–Kier alpha value is -2.69. The second-order valence-corrected chi connectivity index (χ2v) is 7.04. The number of nitrogens with one attached hydrogen (secondary N) is 1. The van der Waals surface area contributed by atoms with Crippen molar-refractivity contribution in [2.24, 2.45) is 0 Å². The lowest BCUT2D eigenvalue weighted by Crippen LogP contribution is -2.36. The van der Waals surface area contributed by atoms with Crippen LogP contribution in [0, 0.1) is 0 Å². The van der Waals surface area contributed by atoms with Crippen LogP contribution in [0.1, 0.15) is 65.4 Å². The monoisotopic (exact) mass is 365 g/mol. The Bertz CT molecular complexity index is 770. The number of carbonyl (C=O) groups excluding carboxylic acids is 2. The highest BCUT2D eigenvalue weighted by Crippen LogP contribution is 2.18. The van der Waals surface area contributed by atoms with Crippen LogP contribution in [0.5, 0.6) is 0 Å². The molecule has 0 saturated heterocycles. The molecule has 0 atom stereocenters. The molecule has 1 N–H and O–H groups in total. The van der Waals surface area contributed by atoms with Gasteiger partial charge in [0.2, 0.25) is 0 Å². The molecule has 0 bridgehead atoms. The second kappa shape index (κ2) is 9.31. The molecule has 1 aliphatic carbocycles. The van der Waals surface area contributed by atoms with Crippen LogP contribution < -0.4 is 5.32 Å². The van der Waals surface area contributed by atoms with Crippen LogP contribution in [0.4, 0.5) is 0 Å². The van der Waals surface area contributed by atoms with E-state index < -0.39 is 0 Å². The fourth-order valence-electron chi connectivity index (χ4n) is 3.50. The highest BCUT2D eigenvalue weighted by atomic mass is 16.2. The second-order valence-electron chi connectivity index (χ2n) is 7.04. The van der Waals surface area contributed by atoms with E-state index in [9.17, 15) is 9.59 Å². The maximum atomic E-state index is 12.9. The first-order chi connectivity index (χ1) is 13.2. The molecule has 1 aliphatic rings. The Morgan fingerprint density at radius 1 is 1.11 bits per heavy atom. The molecule has 5 heteroatoms. The molecule has 1 aromatic carbocycles. The first-order valence-electron chi connectivity index (χ1n) is 9.77. The summed E-state index contributed by atoms with van der Waals surface area (Å²) in [5.41, 5.74) is 1.87. The zero-order valence-electron chi connectivity index (χ0n) is 15.9. The van der Waals surface area contributed by atoms with Gasteiger partial charge in [0.25, 0.3) is 11.8 Å². The van der Waals surface area contributed by atoms with E-state index in [1.54, 1.807) is 23.2 Å². The summed E-state index contributed by atoms with van der Waals surface area (Å²) in [6.45, 7) is 3.05. The number of benzene rings is 1. The zero-order valence-corrected chi connectivity index (χ0v) is 15.9. The number of nitrogens with zero attached hydrogens (tertiary/aromatic N) is 2. The molecule has 3 rings (SSSR count). The number of hydrogen-bond acceptors (Lipinski definition) is 3. The molecule has 2 amide bonds. The summed E-state index contributed by atoms with van der Waals surface area (Å²) in [6.07, 6.45) is 7.17. The minimum Gasteiger partial charge on any atom is -0.349 e. The van der Waals surface area contributed by atoms with Crippen molar-refractivity contribution in [2.45, 2.75) is 51.6 Å². The summed E-state index contributed by atoms with van der Waals surface area (Å²) in [4.78, 5) is 31.4. The largest absolute Gasteiger partial charge is 0.349 e. The third-order valence-electron chi connectivity index (χ3n) is 5.07. The van der Waals surface area contributed by atoms with Gasteiger partial charge in [0.05, 0.1) is 0 Å². The van der Waals surface area contributed by atoms with E-state index in [0.29, 0.717) is 24.3 Å². The minimum absolute atomic E-state index is 0.121. The van der Waals surface area contributed by atoms with E-state index in [1.807, 2.05) is 37.3 Å². The lowest BCUT2D eigenvalue weighted by atomic mass is 9.95. The molecule has 1 saturated carbocycles. The summed E-state index contributed by atoms with van der Waals surface area (Å²) in [5.74, 6) is -0.280. The summed E-state index contributed by atoms with van der Waals surface area (Å²) in [6, 6.07) is 13.4. The van der Waals surface area contributed by atoms with E-state index in [-0.39, 0.29) is 17.9 Å². The number of pyridine rings is 1. The van der Waals surface area contributed by atoms with E-state index in [2.05, 4.69) is 10.3 Å². The normalized spacial score (nSPS) is 14.6. The average Bonchev–Trinajstić information content (AvgIpc) is 2.73. The molecule has 0 aliphatic heterocycles. The van der Waals surface area contributed by atoms with Gasteiger partial charge in [-0.1, -0.05) is 49.6 Å². The van der Waals surface area contributed by atoms with Gasteiger partial charge in [0.1, 0.15) is 5.69 Å². The SMILES string of the molecule is CCN(Cc1ccccc1)C(=O)c1cc(C(=O)NC2CCCCC2)ccn1. The van der Waals surface area contributed by atoms with Crippen LogP contribution in [0.3, 0.4) is 0 Å². The summed E-state index contributed by atoms with van der Waals surface area (Å²) < 4.78 is 0. The highest BCUT2D eigenvalue weighted by molar-refractivity contribution is 5.98. The quantitative estimate of drug-likeness (QED) is 0.847. The van der Waals surface area contributed by atoms with E-state index in [0.717, 1.165) is 31.2 Å². The van der Waals surface area contributed by atoms with Gasteiger partial charge >= 0.3 is 0 Å². The van der Waals surface area contributed by atoms with Crippen LogP contribution in [-0.2, 0) is 6.54 Å². The molecule has 1 aromatic heterocycles. The van der Waals surface area contributed by atoms with Gasteiger partial charge in [-0.05, 0) is 37.5 Å². The van der Waals surface area contributed by atoms with Crippen molar-refractivity contribution < 1.29 is 9.59 Å². The van der Waals surface area contributed by atoms with Crippen LogP contribution in [0.2, 0.25) is 0 Å². The van der Waals surface area contributed by atoms with Gasteiger partial charge in [-0.2, -0.15) is 0 Å². The molecule has 0 spiro atoms. The molecule has 0 radical (unpaired) electrons. The predicted molar refractivity (Wildman–Crippen MR) is 105 cm³/mol. The fraction of sp³-hybridized carbons (Fsp3) is 0.409. The Morgan fingerprint density at radius 3 is 2.56 bits per heavy atom. The summed E-state index contributed by atoms with van der Waals surface area (Å²) >= 11 is 0. The van der Waals surface area contributed by atoms with Crippen molar-refractivity contribution in [1.82, 2.24) is 15.2 Å². The summed E-state index contributed by atoms with van der Waals surface area (Å²) in [5, 5.41) is 3.09. The molecular formula is C22H27N3O2. The van der Waals surface area contributed by atoms with E-state index >= 15 is 0 Å². The molecular weight excluding hydrogens is 338 g/mol. The van der Waals surface area contributed by atoms with Crippen LogP contribution >= 0.6 is 0 Å². The smallest absolute Gasteiger partial charge is 0.272 e. The van der Waals surface area contributed by atoms with Crippen molar-refractivity contribution >= 4 is 11.8 Å². The van der Waals surface area contributed by atoms with Crippen LogP contribution in [-0.4, -0.2) is 34.3 Å². The fourth-order valence-corrected chi connectivity index (χ4v) is 3.50. The third-order valence-corrected chi connectivity index (χ3v) is 5.07. The van der Waals surface area contributed by atoms with Crippen molar-refractivity contribution in [3.05, 3.63) is 65.5 Å². The van der Waals surface area contributed by atoms with Gasteiger partial charge in [-0.3, -0.25) is 14.6 Å². The number of hydrogen-bond donors (Lipinski definition) is 1. The van der Waals surface area contributed by atoms with Crippen molar-refractivity contribution in [2.75, 3.05) is 6.54 Å². The van der Waals surface area contributed by atoms with E-state index in [4.69, 9.17) is 0 Å². The Morgan fingerprint density at radius 2 is 1.85 bits per heavy atom. The third kappa shape index (κ3) is 5.16. The van der Waals surface area contributed by atoms with Gasteiger partial charge in [0.15, 0.2) is 0 Å². The number of amides is 2. The molecule has 2 aromatic rings. The van der Waals surface area contributed by atoms with Crippen LogP contribution in [0.25, 0.3) is 0 Å². The molecule has 0 unspecified atom stereocenters. The van der Waals surface area contributed by atoms with E-state index in [1.165, 1.54) is 6.42 Å².